The zero-order chi connectivity index (χ0) is 13.0. The predicted molar refractivity (Wildman–Crippen MR) is 81.1 cm³/mol. The van der Waals surface area contributed by atoms with Crippen molar-refractivity contribution in [1.29, 1.82) is 0 Å². The molecule has 1 N–H and O–H groups in total. The lowest BCUT2D eigenvalue weighted by Crippen LogP contribution is -2.27. The van der Waals surface area contributed by atoms with E-state index in [0.717, 1.165) is 18.5 Å². The molecule has 0 bridgehead atoms. The molecule has 3 heteroatoms. The van der Waals surface area contributed by atoms with Crippen molar-refractivity contribution >= 4 is 26.8 Å². The molecule has 2 atom stereocenters. The highest BCUT2D eigenvalue weighted by molar-refractivity contribution is 9.09. The van der Waals surface area contributed by atoms with Crippen molar-refractivity contribution < 1.29 is 0 Å². The summed E-state index contributed by atoms with van der Waals surface area (Å²) in [5.41, 5.74) is 2.30. The number of alkyl halides is 1. The third-order valence-electron chi connectivity index (χ3n) is 2.98. The molecule has 1 aromatic carbocycles. The zero-order valence-corrected chi connectivity index (χ0v) is 12.4. The Morgan fingerprint density at radius 3 is 2.83 bits per heavy atom. The summed E-state index contributed by atoms with van der Waals surface area (Å²) in [6.45, 7) is 5.26. The van der Waals surface area contributed by atoms with Crippen LogP contribution in [0, 0.1) is 0 Å². The second-order valence-electron chi connectivity index (χ2n) is 4.83. The molecule has 0 fully saturated rings. The molecule has 0 saturated carbocycles. The standard InChI is InChI=1S/C15H19BrN2/c1-11(16)7-12(2)17-9-13-8-14-5-3-4-6-15(14)18-10-13/h3-6,8,10-12,17H,7,9H2,1-2H3. The highest BCUT2D eigenvalue weighted by atomic mass is 79.9. The fourth-order valence-electron chi connectivity index (χ4n) is 2.08. The highest BCUT2D eigenvalue weighted by Crippen LogP contribution is 2.13. The lowest BCUT2D eigenvalue weighted by atomic mass is 10.1. The van der Waals surface area contributed by atoms with Crippen LogP contribution in [0.5, 0.6) is 0 Å². The predicted octanol–water partition coefficient (Wildman–Crippen LogP) is 3.89. The molecular formula is C15H19BrN2. The van der Waals surface area contributed by atoms with E-state index >= 15 is 0 Å². The van der Waals surface area contributed by atoms with Crippen LogP contribution in [0.4, 0.5) is 0 Å². The Hall–Kier alpha value is -0.930. The quantitative estimate of drug-likeness (QED) is 0.848. The van der Waals surface area contributed by atoms with Crippen LogP contribution in [-0.4, -0.2) is 15.9 Å². The minimum absolute atomic E-state index is 0.505. The maximum Gasteiger partial charge on any atom is 0.0702 e. The Morgan fingerprint density at radius 1 is 1.28 bits per heavy atom. The van der Waals surface area contributed by atoms with Crippen molar-refractivity contribution in [2.24, 2.45) is 0 Å². The number of benzene rings is 1. The summed E-state index contributed by atoms with van der Waals surface area (Å²) in [7, 11) is 0. The summed E-state index contributed by atoms with van der Waals surface area (Å²) in [5.74, 6) is 0. The van der Waals surface area contributed by atoms with E-state index in [1.54, 1.807) is 0 Å². The van der Waals surface area contributed by atoms with Gasteiger partial charge in [-0.15, -0.1) is 0 Å². The molecule has 2 unspecified atom stereocenters. The van der Waals surface area contributed by atoms with Crippen molar-refractivity contribution in [3.8, 4) is 0 Å². The number of rotatable bonds is 5. The largest absolute Gasteiger partial charge is 0.310 e. The van der Waals surface area contributed by atoms with Gasteiger partial charge in [-0.2, -0.15) is 0 Å². The van der Waals surface area contributed by atoms with Crippen molar-refractivity contribution in [1.82, 2.24) is 10.3 Å². The van der Waals surface area contributed by atoms with Gasteiger partial charge in [-0.05, 0) is 31.0 Å². The van der Waals surface area contributed by atoms with Crippen LogP contribution >= 0.6 is 15.9 Å². The first-order chi connectivity index (χ1) is 8.65. The molecule has 2 nitrogen and oxygen atoms in total. The maximum atomic E-state index is 4.47. The molecule has 2 aromatic rings. The summed E-state index contributed by atoms with van der Waals surface area (Å²) in [4.78, 5) is 5.02. The molecule has 0 aliphatic rings. The van der Waals surface area contributed by atoms with E-state index in [-0.39, 0.29) is 0 Å². The Balaban J connectivity index is 1.99. The fourth-order valence-corrected chi connectivity index (χ4v) is 2.64. The Bertz CT molecular complexity index is 511. The third kappa shape index (κ3) is 3.79. The van der Waals surface area contributed by atoms with E-state index in [9.17, 15) is 0 Å². The maximum absolute atomic E-state index is 4.47. The first-order valence-corrected chi connectivity index (χ1v) is 7.28. The zero-order valence-electron chi connectivity index (χ0n) is 10.9. The summed E-state index contributed by atoms with van der Waals surface area (Å²) in [6.07, 6.45) is 3.08. The van der Waals surface area contributed by atoms with E-state index in [1.807, 2.05) is 18.3 Å². The second kappa shape index (κ2) is 6.30. The van der Waals surface area contributed by atoms with Crippen LogP contribution in [0.15, 0.2) is 36.5 Å². The number of hydrogen-bond donors (Lipinski definition) is 1. The number of aromatic nitrogens is 1. The Morgan fingerprint density at radius 2 is 2.06 bits per heavy atom. The van der Waals surface area contributed by atoms with Gasteiger partial charge < -0.3 is 5.32 Å². The van der Waals surface area contributed by atoms with Crippen LogP contribution < -0.4 is 5.32 Å². The normalized spacial score (nSPS) is 14.6. The monoisotopic (exact) mass is 306 g/mol. The first kappa shape index (κ1) is 13.5. The molecule has 2 rings (SSSR count). The number of nitrogens with zero attached hydrogens (tertiary/aromatic N) is 1. The molecule has 0 radical (unpaired) electrons. The molecule has 0 aliphatic heterocycles. The molecule has 96 valence electrons. The number of hydrogen-bond acceptors (Lipinski definition) is 2. The molecule has 1 aromatic heterocycles. The SMILES string of the molecule is CC(Br)CC(C)NCc1cnc2ccccc2c1. The van der Waals surface area contributed by atoms with E-state index in [2.05, 4.69) is 58.3 Å². The van der Waals surface area contributed by atoms with Gasteiger partial charge in [0.2, 0.25) is 0 Å². The van der Waals surface area contributed by atoms with Crippen LogP contribution in [-0.2, 0) is 6.54 Å². The summed E-state index contributed by atoms with van der Waals surface area (Å²) in [6, 6.07) is 10.9. The smallest absolute Gasteiger partial charge is 0.0702 e. The van der Waals surface area contributed by atoms with E-state index in [4.69, 9.17) is 0 Å². The Labute approximate surface area is 117 Å². The molecule has 0 amide bonds. The van der Waals surface area contributed by atoms with Crippen molar-refractivity contribution in [3.05, 3.63) is 42.1 Å². The van der Waals surface area contributed by atoms with Crippen molar-refractivity contribution in [2.75, 3.05) is 0 Å². The first-order valence-electron chi connectivity index (χ1n) is 6.36. The van der Waals surface area contributed by atoms with E-state index < -0.39 is 0 Å². The van der Waals surface area contributed by atoms with Gasteiger partial charge in [-0.25, -0.2) is 0 Å². The number of para-hydroxylation sites is 1. The topological polar surface area (TPSA) is 24.9 Å². The van der Waals surface area contributed by atoms with Crippen molar-refractivity contribution in [2.45, 2.75) is 37.7 Å². The van der Waals surface area contributed by atoms with Crippen molar-refractivity contribution in [3.63, 3.8) is 0 Å². The molecule has 0 spiro atoms. The molecule has 1 heterocycles. The van der Waals surface area contributed by atoms with Gasteiger partial charge in [-0.3, -0.25) is 4.98 Å². The molecule has 0 aliphatic carbocycles. The van der Waals surface area contributed by atoms with Gasteiger partial charge >= 0.3 is 0 Å². The fraction of sp³-hybridized carbons (Fsp3) is 0.400. The average molecular weight is 307 g/mol. The van der Waals surface area contributed by atoms with Crippen LogP contribution in [0.2, 0.25) is 0 Å². The van der Waals surface area contributed by atoms with Gasteiger partial charge in [0.25, 0.3) is 0 Å². The van der Waals surface area contributed by atoms with Gasteiger partial charge in [0.05, 0.1) is 5.52 Å². The highest BCUT2D eigenvalue weighted by Gasteiger charge is 2.05. The van der Waals surface area contributed by atoms with Gasteiger partial charge in [0.1, 0.15) is 0 Å². The average Bonchev–Trinajstić information content (AvgIpc) is 2.35. The molecule has 18 heavy (non-hydrogen) atoms. The molecule has 0 saturated heterocycles. The molecular weight excluding hydrogens is 288 g/mol. The van der Waals surface area contributed by atoms with E-state index in [0.29, 0.717) is 10.9 Å². The lowest BCUT2D eigenvalue weighted by molar-refractivity contribution is 0.515. The number of halogens is 1. The van der Waals surface area contributed by atoms with Crippen LogP contribution in [0.25, 0.3) is 10.9 Å². The minimum Gasteiger partial charge on any atom is -0.310 e. The van der Waals surface area contributed by atoms with Gasteiger partial charge in [0.15, 0.2) is 0 Å². The number of pyridine rings is 1. The summed E-state index contributed by atoms with van der Waals surface area (Å²) < 4.78 is 0. The lowest BCUT2D eigenvalue weighted by Gasteiger charge is -2.15. The number of fused-ring (bicyclic) bond motifs is 1. The second-order valence-corrected chi connectivity index (χ2v) is 6.40. The van der Waals surface area contributed by atoms with Gasteiger partial charge in [-0.1, -0.05) is 41.1 Å². The van der Waals surface area contributed by atoms with Crippen LogP contribution in [0.1, 0.15) is 25.8 Å². The third-order valence-corrected chi connectivity index (χ3v) is 3.35. The number of nitrogens with one attached hydrogen (secondary N) is 1. The van der Waals surface area contributed by atoms with Gasteiger partial charge in [0, 0.05) is 29.0 Å². The van der Waals surface area contributed by atoms with E-state index in [1.165, 1.54) is 10.9 Å². The summed E-state index contributed by atoms with van der Waals surface area (Å²) >= 11 is 3.58. The minimum atomic E-state index is 0.505. The van der Waals surface area contributed by atoms with Crippen LogP contribution in [0.3, 0.4) is 0 Å². The Kier molecular flexibility index (Phi) is 4.72. The summed E-state index contributed by atoms with van der Waals surface area (Å²) in [5, 5.41) is 4.73.